The molecule has 1 fully saturated rings. The van der Waals surface area contributed by atoms with E-state index in [2.05, 4.69) is 5.32 Å². The summed E-state index contributed by atoms with van der Waals surface area (Å²) in [6.45, 7) is 3.09. The van der Waals surface area contributed by atoms with Crippen LogP contribution in [0.3, 0.4) is 0 Å². The van der Waals surface area contributed by atoms with Crippen LogP contribution in [-0.2, 0) is 4.79 Å². The highest BCUT2D eigenvalue weighted by atomic mass is 35.5. The van der Waals surface area contributed by atoms with E-state index in [1.807, 2.05) is 0 Å². The third-order valence-electron chi connectivity index (χ3n) is 4.02. The lowest BCUT2D eigenvalue weighted by molar-refractivity contribution is -0.134. The number of carbonyl (C=O) groups excluding carboxylic acids is 2. The zero-order valence-electron chi connectivity index (χ0n) is 12.6. The second kappa shape index (κ2) is 7.61. The fourth-order valence-electron chi connectivity index (χ4n) is 2.59. The van der Waals surface area contributed by atoms with Crippen LogP contribution < -0.4 is 5.32 Å². The standard InChI is InChI=1S/C16H21ClN2O3/c1-11(16(22)19-8-6-12(10-20)7-9-19)18-15(21)13-4-2-3-5-14(13)17/h2-5,11-12,20H,6-10H2,1H3,(H,18,21). The summed E-state index contributed by atoms with van der Waals surface area (Å²) in [5.41, 5.74) is 0.364. The molecule has 2 amide bonds. The van der Waals surface area contributed by atoms with E-state index in [9.17, 15) is 9.59 Å². The van der Waals surface area contributed by atoms with Gasteiger partial charge >= 0.3 is 0 Å². The van der Waals surface area contributed by atoms with E-state index in [1.54, 1.807) is 36.1 Å². The predicted octanol–water partition coefficient (Wildman–Crippen LogP) is 1.69. The number of aliphatic hydroxyl groups is 1. The van der Waals surface area contributed by atoms with Crippen molar-refractivity contribution in [2.24, 2.45) is 5.92 Å². The largest absolute Gasteiger partial charge is 0.396 e. The summed E-state index contributed by atoms with van der Waals surface area (Å²) in [5.74, 6) is -0.175. The predicted molar refractivity (Wildman–Crippen MR) is 84.8 cm³/mol. The van der Waals surface area contributed by atoms with E-state index >= 15 is 0 Å². The zero-order chi connectivity index (χ0) is 16.1. The van der Waals surface area contributed by atoms with Crippen LogP contribution >= 0.6 is 11.6 Å². The van der Waals surface area contributed by atoms with Crippen molar-refractivity contribution in [3.8, 4) is 0 Å². The minimum atomic E-state index is -0.602. The number of nitrogens with one attached hydrogen (secondary N) is 1. The lowest BCUT2D eigenvalue weighted by atomic mass is 9.97. The normalized spacial score (nSPS) is 17.1. The first-order chi connectivity index (χ1) is 10.5. The summed E-state index contributed by atoms with van der Waals surface area (Å²) in [4.78, 5) is 26.3. The number of hydrogen-bond acceptors (Lipinski definition) is 3. The van der Waals surface area contributed by atoms with Crippen molar-refractivity contribution in [2.45, 2.75) is 25.8 Å². The van der Waals surface area contributed by atoms with Gasteiger partial charge in [0.25, 0.3) is 5.91 Å². The van der Waals surface area contributed by atoms with Crippen LogP contribution in [0.1, 0.15) is 30.1 Å². The van der Waals surface area contributed by atoms with Gasteiger partial charge in [-0.25, -0.2) is 0 Å². The van der Waals surface area contributed by atoms with Gasteiger partial charge in [-0.15, -0.1) is 0 Å². The van der Waals surface area contributed by atoms with E-state index in [0.717, 1.165) is 12.8 Å². The molecule has 120 valence electrons. The van der Waals surface area contributed by atoms with Crippen molar-refractivity contribution in [3.05, 3.63) is 34.9 Å². The summed E-state index contributed by atoms with van der Waals surface area (Å²) in [6, 6.07) is 6.14. The van der Waals surface area contributed by atoms with E-state index in [1.165, 1.54) is 0 Å². The number of hydrogen-bond donors (Lipinski definition) is 2. The monoisotopic (exact) mass is 324 g/mol. The lowest BCUT2D eigenvalue weighted by Gasteiger charge is -2.33. The summed E-state index contributed by atoms with van der Waals surface area (Å²) < 4.78 is 0. The molecule has 1 atom stereocenters. The molecular formula is C16H21ClN2O3. The van der Waals surface area contributed by atoms with Crippen LogP contribution in [-0.4, -0.2) is 47.6 Å². The van der Waals surface area contributed by atoms with E-state index < -0.39 is 6.04 Å². The Balaban J connectivity index is 1.92. The molecule has 0 bridgehead atoms. The number of amides is 2. The minimum absolute atomic E-state index is 0.100. The van der Waals surface area contributed by atoms with Gasteiger partial charge < -0.3 is 15.3 Å². The zero-order valence-corrected chi connectivity index (χ0v) is 13.3. The number of likely N-dealkylation sites (tertiary alicyclic amines) is 1. The molecule has 0 aliphatic carbocycles. The number of aliphatic hydroxyl groups excluding tert-OH is 1. The number of halogens is 1. The van der Waals surface area contributed by atoms with Crippen molar-refractivity contribution in [2.75, 3.05) is 19.7 Å². The van der Waals surface area contributed by atoms with Gasteiger partial charge in [0.05, 0.1) is 10.6 Å². The number of piperidine rings is 1. The Hall–Kier alpha value is -1.59. The molecule has 0 radical (unpaired) electrons. The van der Waals surface area contributed by atoms with Gasteiger partial charge in [0.2, 0.25) is 5.91 Å². The van der Waals surface area contributed by atoms with Crippen LogP contribution in [0.2, 0.25) is 5.02 Å². The number of benzene rings is 1. The van der Waals surface area contributed by atoms with Gasteiger partial charge in [-0.05, 0) is 37.8 Å². The summed E-state index contributed by atoms with van der Waals surface area (Å²) in [5, 5.41) is 12.2. The van der Waals surface area contributed by atoms with Crippen LogP contribution in [0.25, 0.3) is 0 Å². The van der Waals surface area contributed by atoms with E-state index in [4.69, 9.17) is 16.7 Å². The smallest absolute Gasteiger partial charge is 0.253 e. The van der Waals surface area contributed by atoms with E-state index in [0.29, 0.717) is 23.7 Å². The Morgan fingerprint density at radius 1 is 1.36 bits per heavy atom. The first-order valence-electron chi connectivity index (χ1n) is 7.48. The first kappa shape index (κ1) is 16.8. The van der Waals surface area contributed by atoms with Crippen LogP contribution in [0.5, 0.6) is 0 Å². The fourth-order valence-corrected chi connectivity index (χ4v) is 2.81. The highest BCUT2D eigenvalue weighted by Crippen LogP contribution is 2.18. The van der Waals surface area contributed by atoms with Gasteiger partial charge in [0.15, 0.2) is 0 Å². The molecule has 1 aromatic rings. The number of carbonyl (C=O) groups is 2. The molecule has 2 N–H and O–H groups in total. The van der Waals surface area contributed by atoms with Crippen LogP contribution in [0.4, 0.5) is 0 Å². The Bertz CT molecular complexity index is 542. The minimum Gasteiger partial charge on any atom is -0.396 e. The fraction of sp³-hybridized carbons (Fsp3) is 0.500. The number of nitrogens with zero attached hydrogens (tertiary/aromatic N) is 1. The van der Waals surface area contributed by atoms with E-state index in [-0.39, 0.29) is 24.3 Å². The Labute approximate surface area is 135 Å². The SMILES string of the molecule is CC(NC(=O)c1ccccc1Cl)C(=O)N1CCC(CO)CC1. The van der Waals surface area contributed by atoms with Gasteiger partial charge in [-0.2, -0.15) is 0 Å². The molecule has 5 nitrogen and oxygen atoms in total. The molecule has 2 rings (SSSR count). The Kier molecular flexibility index (Phi) is 5.80. The van der Waals surface area contributed by atoms with Gasteiger partial charge in [0.1, 0.15) is 6.04 Å². The second-order valence-corrected chi connectivity index (χ2v) is 6.03. The Morgan fingerprint density at radius 3 is 2.59 bits per heavy atom. The van der Waals surface area contributed by atoms with Crippen molar-refractivity contribution in [1.82, 2.24) is 10.2 Å². The molecule has 1 heterocycles. The highest BCUT2D eigenvalue weighted by molar-refractivity contribution is 6.33. The molecular weight excluding hydrogens is 304 g/mol. The molecule has 0 aromatic heterocycles. The molecule has 1 aliphatic rings. The van der Waals surface area contributed by atoms with Crippen molar-refractivity contribution in [1.29, 1.82) is 0 Å². The molecule has 22 heavy (non-hydrogen) atoms. The Morgan fingerprint density at radius 2 is 2.00 bits per heavy atom. The van der Waals surface area contributed by atoms with Gasteiger partial charge in [0, 0.05) is 19.7 Å². The summed E-state index contributed by atoms with van der Waals surface area (Å²) >= 11 is 5.98. The lowest BCUT2D eigenvalue weighted by Crippen LogP contribution is -2.49. The quantitative estimate of drug-likeness (QED) is 0.885. The average molecular weight is 325 g/mol. The van der Waals surface area contributed by atoms with Gasteiger partial charge in [-0.3, -0.25) is 9.59 Å². The topological polar surface area (TPSA) is 69.6 Å². The molecule has 0 saturated carbocycles. The molecule has 1 aliphatic heterocycles. The maximum absolute atomic E-state index is 12.4. The van der Waals surface area contributed by atoms with Crippen molar-refractivity contribution < 1.29 is 14.7 Å². The maximum Gasteiger partial charge on any atom is 0.253 e. The molecule has 6 heteroatoms. The van der Waals surface area contributed by atoms with Crippen molar-refractivity contribution >= 4 is 23.4 Å². The summed E-state index contributed by atoms with van der Waals surface area (Å²) in [6.07, 6.45) is 1.60. The molecule has 0 spiro atoms. The number of rotatable bonds is 4. The first-order valence-corrected chi connectivity index (χ1v) is 7.85. The molecule has 1 aromatic carbocycles. The molecule has 1 unspecified atom stereocenters. The van der Waals surface area contributed by atoms with Crippen molar-refractivity contribution in [3.63, 3.8) is 0 Å². The van der Waals surface area contributed by atoms with Gasteiger partial charge in [-0.1, -0.05) is 23.7 Å². The maximum atomic E-state index is 12.4. The second-order valence-electron chi connectivity index (χ2n) is 5.63. The average Bonchev–Trinajstić information content (AvgIpc) is 2.54. The van der Waals surface area contributed by atoms with Crippen LogP contribution in [0.15, 0.2) is 24.3 Å². The third-order valence-corrected chi connectivity index (χ3v) is 4.35. The third kappa shape index (κ3) is 3.99. The molecule has 1 saturated heterocycles. The van der Waals surface area contributed by atoms with Crippen LogP contribution in [0, 0.1) is 5.92 Å². The summed E-state index contributed by atoms with van der Waals surface area (Å²) in [7, 11) is 0. The highest BCUT2D eigenvalue weighted by Gasteiger charge is 2.27.